The van der Waals surface area contributed by atoms with E-state index in [0.29, 0.717) is 18.6 Å². The molecule has 0 aliphatic rings. The highest BCUT2D eigenvalue weighted by Gasteiger charge is 2.00. The summed E-state index contributed by atoms with van der Waals surface area (Å²) in [6, 6.07) is 0. The Morgan fingerprint density at radius 3 is 1.78 bits per heavy atom. The number of carboxylic acids is 2. The van der Waals surface area contributed by atoms with E-state index < -0.39 is 11.9 Å². The summed E-state index contributed by atoms with van der Waals surface area (Å²) in [4.78, 5) is 29.7. The number of esters is 1. The molecule has 23 heavy (non-hydrogen) atoms. The van der Waals surface area contributed by atoms with Crippen LogP contribution in [0.4, 0.5) is 0 Å². The normalized spacial score (nSPS) is 8.26. The van der Waals surface area contributed by atoms with Gasteiger partial charge in [0.2, 0.25) is 0 Å². The van der Waals surface area contributed by atoms with Crippen LogP contribution in [0, 0.1) is 0 Å². The first-order valence-corrected chi connectivity index (χ1v) is 7.32. The molecule has 0 atom stereocenters. The van der Waals surface area contributed by atoms with Crippen LogP contribution in [0.15, 0.2) is 37.5 Å². The van der Waals surface area contributed by atoms with Gasteiger partial charge in [-0.25, -0.2) is 14.4 Å². The lowest BCUT2D eigenvalue weighted by molar-refractivity contribution is -0.138. The molecule has 0 radical (unpaired) electrons. The van der Waals surface area contributed by atoms with Gasteiger partial charge in [0.25, 0.3) is 0 Å². The summed E-state index contributed by atoms with van der Waals surface area (Å²) >= 11 is 0. The van der Waals surface area contributed by atoms with Gasteiger partial charge in [-0.15, -0.1) is 0 Å². The van der Waals surface area contributed by atoms with Crippen molar-refractivity contribution in [2.24, 2.45) is 0 Å². The summed E-state index contributed by atoms with van der Waals surface area (Å²) in [5.41, 5.74) is 0.317. The number of hydrogen-bond donors (Lipinski definition) is 2. The Hall–Kier alpha value is -2.37. The van der Waals surface area contributed by atoms with Crippen LogP contribution in [0.3, 0.4) is 0 Å². The van der Waals surface area contributed by atoms with Gasteiger partial charge >= 0.3 is 17.9 Å². The number of carboxylic acid groups (broad SMARTS) is 2. The number of rotatable bonds is 9. The van der Waals surface area contributed by atoms with Gasteiger partial charge in [-0.05, 0) is 19.3 Å². The fourth-order valence-corrected chi connectivity index (χ4v) is 0.873. The van der Waals surface area contributed by atoms with Crippen molar-refractivity contribution in [3.8, 4) is 0 Å². The van der Waals surface area contributed by atoms with Gasteiger partial charge in [-0.2, -0.15) is 0 Å². The summed E-state index contributed by atoms with van der Waals surface area (Å²) in [5.74, 6) is -2.18. The monoisotopic (exact) mass is 328 g/mol. The minimum atomic E-state index is -0.981. The quantitative estimate of drug-likeness (QED) is 0.381. The molecule has 132 valence electrons. The molecule has 0 unspecified atom stereocenters. The van der Waals surface area contributed by atoms with Gasteiger partial charge in [0.15, 0.2) is 0 Å². The summed E-state index contributed by atoms with van der Waals surface area (Å²) < 4.78 is 4.67. The van der Waals surface area contributed by atoms with Crippen LogP contribution >= 0.6 is 0 Å². The maximum absolute atomic E-state index is 10.3. The van der Waals surface area contributed by atoms with E-state index in [-0.39, 0.29) is 5.97 Å². The van der Waals surface area contributed by atoms with E-state index in [4.69, 9.17) is 10.2 Å². The molecule has 0 aromatic rings. The van der Waals surface area contributed by atoms with E-state index in [2.05, 4.69) is 24.5 Å². The first-order chi connectivity index (χ1) is 10.8. The Balaban J connectivity index is -0.000000273. The van der Waals surface area contributed by atoms with Crippen LogP contribution in [-0.2, 0) is 19.1 Å². The molecule has 0 aromatic heterocycles. The molecule has 0 saturated carbocycles. The number of carbonyl (C=O) groups excluding carboxylic acids is 1. The Morgan fingerprint density at radius 1 is 1.00 bits per heavy atom. The maximum Gasteiger partial charge on any atom is 0.330 e. The first-order valence-electron chi connectivity index (χ1n) is 7.32. The minimum Gasteiger partial charge on any atom is -0.478 e. The third kappa shape index (κ3) is 28.5. The second-order valence-corrected chi connectivity index (χ2v) is 4.28. The number of ether oxygens (including phenoxy) is 1. The lowest BCUT2D eigenvalue weighted by atomic mass is 10.1. The molecule has 6 heteroatoms. The zero-order valence-corrected chi connectivity index (χ0v) is 14.0. The Labute approximate surface area is 138 Å². The van der Waals surface area contributed by atoms with Gasteiger partial charge in [-0.1, -0.05) is 46.4 Å². The molecule has 0 saturated heterocycles. The standard InChI is InChI=1S/2C7H12O2.C3H4O2/c1-3-4-5-6(2)7(8)9;1-3-5-6-9-7(8)4-2;1-2-3(4)5/h2-5H2,1H3,(H,8,9);4H,2-3,5-6H2,1H3;2H,1H2,(H,4,5). The van der Waals surface area contributed by atoms with Crippen molar-refractivity contribution >= 4 is 17.9 Å². The molecular weight excluding hydrogens is 300 g/mol. The second kappa shape index (κ2) is 19.6. The van der Waals surface area contributed by atoms with Crippen molar-refractivity contribution in [2.75, 3.05) is 6.61 Å². The van der Waals surface area contributed by atoms with Gasteiger partial charge in [0, 0.05) is 17.7 Å². The third-order valence-corrected chi connectivity index (χ3v) is 2.22. The topological polar surface area (TPSA) is 101 Å². The molecule has 0 fully saturated rings. The van der Waals surface area contributed by atoms with Crippen molar-refractivity contribution in [1.82, 2.24) is 0 Å². The summed E-state index contributed by atoms with van der Waals surface area (Å²) in [5, 5.41) is 15.9. The summed E-state index contributed by atoms with van der Waals surface area (Å²) in [7, 11) is 0. The first kappa shape index (κ1) is 25.6. The predicted octanol–water partition coefficient (Wildman–Crippen LogP) is 3.59. The maximum atomic E-state index is 10.3. The van der Waals surface area contributed by atoms with Gasteiger partial charge in [-0.3, -0.25) is 0 Å². The highest BCUT2D eigenvalue weighted by molar-refractivity contribution is 5.85. The van der Waals surface area contributed by atoms with Crippen molar-refractivity contribution in [1.29, 1.82) is 0 Å². The molecule has 0 amide bonds. The number of carbonyl (C=O) groups is 3. The van der Waals surface area contributed by atoms with Crippen LogP contribution in [0.25, 0.3) is 0 Å². The highest BCUT2D eigenvalue weighted by Crippen LogP contribution is 2.03. The van der Waals surface area contributed by atoms with Crippen LogP contribution in [0.2, 0.25) is 0 Å². The lowest BCUT2D eigenvalue weighted by Gasteiger charge is -1.97. The molecule has 2 N–H and O–H groups in total. The molecule has 6 nitrogen and oxygen atoms in total. The molecule has 0 aromatic carbocycles. The zero-order valence-electron chi connectivity index (χ0n) is 14.0. The smallest absolute Gasteiger partial charge is 0.330 e. The van der Waals surface area contributed by atoms with E-state index in [9.17, 15) is 14.4 Å². The van der Waals surface area contributed by atoms with Gasteiger partial charge < -0.3 is 14.9 Å². The Morgan fingerprint density at radius 2 is 1.48 bits per heavy atom. The lowest BCUT2D eigenvalue weighted by Crippen LogP contribution is -2.00. The van der Waals surface area contributed by atoms with Crippen molar-refractivity contribution in [3.05, 3.63) is 37.5 Å². The van der Waals surface area contributed by atoms with Crippen LogP contribution in [-0.4, -0.2) is 34.7 Å². The SMILES string of the molecule is C=C(CCCC)C(=O)O.C=CC(=O)O.C=CC(=O)OCCCC. The minimum absolute atomic E-state index is 0.317. The predicted molar refractivity (Wildman–Crippen MR) is 90.2 cm³/mol. The van der Waals surface area contributed by atoms with Gasteiger partial charge in [0.05, 0.1) is 6.61 Å². The van der Waals surface area contributed by atoms with Crippen LogP contribution in [0.1, 0.15) is 46.0 Å². The number of unbranched alkanes of at least 4 members (excludes halogenated alkanes) is 2. The fraction of sp³-hybridized carbons (Fsp3) is 0.471. The molecule has 0 heterocycles. The highest BCUT2D eigenvalue weighted by atomic mass is 16.5. The largest absolute Gasteiger partial charge is 0.478 e. The molecule has 0 aliphatic carbocycles. The average molecular weight is 328 g/mol. The second-order valence-electron chi connectivity index (χ2n) is 4.28. The Bertz CT molecular complexity index is 383. The van der Waals surface area contributed by atoms with E-state index >= 15 is 0 Å². The fourth-order valence-electron chi connectivity index (χ4n) is 0.873. The summed E-state index contributed by atoms with van der Waals surface area (Å²) in [6.07, 6.45) is 6.54. The van der Waals surface area contributed by atoms with E-state index in [1.807, 2.05) is 13.8 Å². The van der Waals surface area contributed by atoms with E-state index in [1.54, 1.807) is 0 Å². The zero-order chi connectivity index (χ0) is 18.7. The van der Waals surface area contributed by atoms with Crippen molar-refractivity contribution in [2.45, 2.75) is 46.0 Å². The average Bonchev–Trinajstić information content (AvgIpc) is 2.53. The third-order valence-electron chi connectivity index (χ3n) is 2.22. The van der Waals surface area contributed by atoms with E-state index in [0.717, 1.165) is 31.8 Å². The van der Waals surface area contributed by atoms with Crippen molar-refractivity contribution < 1.29 is 29.3 Å². The van der Waals surface area contributed by atoms with Crippen LogP contribution < -0.4 is 0 Å². The molecule has 0 rings (SSSR count). The molecule has 0 spiro atoms. The summed E-state index contributed by atoms with van der Waals surface area (Å²) in [6.45, 7) is 14.2. The molecular formula is C17H28O6. The van der Waals surface area contributed by atoms with Crippen LogP contribution in [0.5, 0.6) is 0 Å². The number of hydrogen-bond acceptors (Lipinski definition) is 4. The Kier molecular flexibility index (Phi) is 21.8. The number of aliphatic carboxylic acids is 2. The molecule has 0 bridgehead atoms. The molecule has 0 aliphatic heterocycles. The van der Waals surface area contributed by atoms with Gasteiger partial charge in [0.1, 0.15) is 0 Å². The van der Waals surface area contributed by atoms with E-state index in [1.165, 1.54) is 6.08 Å². The van der Waals surface area contributed by atoms with Crippen molar-refractivity contribution in [3.63, 3.8) is 0 Å².